The Morgan fingerprint density at radius 1 is 1.31 bits per heavy atom. The van der Waals surface area contributed by atoms with E-state index in [9.17, 15) is 0 Å². The lowest BCUT2D eigenvalue weighted by Crippen LogP contribution is -2.47. The standard InChI is InChI=1S/C13H29N3/c1-5-11(10-14)13(15(2)3)12-6-8-16(4)9-7-12/h11-13H,5-10,14H2,1-4H3. The Hall–Kier alpha value is -0.120. The molecule has 0 amide bonds. The van der Waals surface area contributed by atoms with E-state index in [0.29, 0.717) is 12.0 Å². The van der Waals surface area contributed by atoms with Crippen molar-refractivity contribution in [3.05, 3.63) is 0 Å². The Labute approximate surface area is 101 Å². The largest absolute Gasteiger partial charge is 0.330 e. The van der Waals surface area contributed by atoms with Crippen LogP contribution in [0.15, 0.2) is 0 Å². The minimum Gasteiger partial charge on any atom is -0.330 e. The molecule has 1 heterocycles. The molecule has 1 rings (SSSR count). The van der Waals surface area contributed by atoms with Crippen LogP contribution < -0.4 is 5.73 Å². The van der Waals surface area contributed by atoms with Gasteiger partial charge in [0, 0.05) is 6.04 Å². The fourth-order valence-electron chi connectivity index (χ4n) is 3.15. The van der Waals surface area contributed by atoms with E-state index in [-0.39, 0.29) is 0 Å². The Kier molecular flexibility index (Phi) is 5.73. The van der Waals surface area contributed by atoms with Crippen LogP contribution >= 0.6 is 0 Å². The molecule has 0 aromatic carbocycles. The van der Waals surface area contributed by atoms with Crippen molar-refractivity contribution in [2.24, 2.45) is 17.6 Å². The SMILES string of the molecule is CCC(CN)C(C1CCN(C)CC1)N(C)C. The third kappa shape index (κ3) is 3.44. The fourth-order valence-corrected chi connectivity index (χ4v) is 3.15. The van der Waals surface area contributed by atoms with E-state index in [4.69, 9.17) is 5.73 Å². The van der Waals surface area contributed by atoms with E-state index < -0.39 is 0 Å². The summed E-state index contributed by atoms with van der Waals surface area (Å²) in [4.78, 5) is 4.84. The molecule has 2 unspecified atom stereocenters. The van der Waals surface area contributed by atoms with Gasteiger partial charge in [0.1, 0.15) is 0 Å². The lowest BCUT2D eigenvalue weighted by Gasteiger charge is -2.41. The smallest absolute Gasteiger partial charge is 0.0159 e. The molecule has 0 saturated carbocycles. The highest BCUT2D eigenvalue weighted by Gasteiger charge is 2.31. The summed E-state index contributed by atoms with van der Waals surface area (Å²) in [7, 11) is 6.64. The van der Waals surface area contributed by atoms with Gasteiger partial charge in [-0.25, -0.2) is 0 Å². The molecule has 1 fully saturated rings. The molecule has 0 bridgehead atoms. The maximum atomic E-state index is 5.92. The fraction of sp³-hybridized carbons (Fsp3) is 1.00. The van der Waals surface area contributed by atoms with E-state index in [1.54, 1.807) is 0 Å². The van der Waals surface area contributed by atoms with E-state index in [2.05, 4.69) is 37.9 Å². The third-order valence-electron chi connectivity index (χ3n) is 4.15. The summed E-state index contributed by atoms with van der Waals surface area (Å²) in [6.07, 6.45) is 3.86. The van der Waals surface area contributed by atoms with Crippen molar-refractivity contribution in [1.82, 2.24) is 9.80 Å². The van der Waals surface area contributed by atoms with Gasteiger partial charge in [-0.2, -0.15) is 0 Å². The second-order valence-electron chi connectivity index (χ2n) is 5.50. The van der Waals surface area contributed by atoms with E-state index in [1.165, 1.54) is 32.4 Å². The summed E-state index contributed by atoms with van der Waals surface area (Å²) in [6.45, 7) is 5.58. The molecule has 1 aliphatic heterocycles. The predicted molar refractivity (Wildman–Crippen MR) is 70.5 cm³/mol. The quantitative estimate of drug-likeness (QED) is 0.767. The van der Waals surface area contributed by atoms with Crippen LogP contribution in [0.2, 0.25) is 0 Å². The zero-order chi connectivity index (χ0) is 12.1. The van der Waals surface area contributed by atoms with Crippen LogP contribution in [0.1, 0.15) is 26.2 Å². The summed E-state index contributed by atoms with van der Waals surface area (Å²) in [5, 5.41) is 0. The van der Waals surface area contributed by atoms with Crippen LogP contribution in [0.3, 0.4) is 0 Å². The molecule has 1 aliphatic rings. The summed E-state index contributed by atoms with van der Waals surface area (Å²) in [6, 6.07) is 0.670. The molecule has 0 spiro atoms. The van der Waals surface area contributed by atoms with Crippen molar-refractivity contribution < 1.29 is 0 Å². The second kappa shape index (κ2) is 6.58. The number of piperidine rings is 1. The lowest BCUT2D eigenvalue weighted by molar-refractivity contribution is 0.0902. The average Bonchev–Trinajstić information content (AvgIpc) is 2.27. The molecule has 0 aliphatic carbocycles. The first kappa shape index (κ1) is 13.9. The summed E-state index contributed by atoms with van der Waals surface area (Å²) in [5.74, 6) is 1.49. The molecule has 16 heavy (non-hydrogen) atoms. The van der Waals surface area contributed by atoms with Crippen molar-refractivity contribution >= 4 is 0 Å². The first-order chi connectivity index (χ1) is 7.60. The average molecular weight is 227 g/mol. The van der Waals surface area contributed by atoms with Gasteiger partial charge in [0.05, 0.1) is 0 Å². The number of rotatable bonds is 5. The predicted octanol–water partition coefficient (Wildman–Crippen LogP) is 1.24. The van der Waals surface area contributed by atoms with Gasteiger partial charge in [0.15, 0.2) is 0 Å². The van der Waals surface area contributed by atoms with Gasteiger partial charge in [0.25, 0.3) is 0 Å². The molecule has 0 aromatic rings. The van der Waals surface area contributed by atoms with Crippen molar-refractivity contribution in [2.45, 2.75) is 32.2 Å². The molecule has 0 radical (unpaired) electrons. The van der Waals surface area contributed by atoms with Gasteiger partial charge in [-0.1, -0.05) is 13.3 Å². The highest BCUT2D eigenvalue weighted by molar-refractivity contribution is 4.86. The van der Waals surface area contributed by atoms with Crippen molar-refractivity contribution in [3.63, 3.8) is 0 Å². The van der Waals surface area contributed by atoms with Crippen LogP contribution in [0, 0.1) is 11.8 Å². The van der Waals surface area contributed by atoms with Gasteiger partial charge in [-0.3, -0.25) is 0 Å². The molecule has 3 heteroatoms. The van der Waals surface area contributed by atoms with Crippen molar-refractivity contribution in [1.29, 1.82) is 0 Å². The van der Waals surface area contributed by atoms with Crippen molar-refractivity contribution in [2.75, 3.05) is 40.8 Å². The Morgan fingerprint density at radius 2 is 1.88 bits per heavy atom. The third-order valence-corrected chi connectivity index (χ3v) is 4.15. The van der Waals surface area contributed by atoms with E-state index in [1.807, 2.05) is 0 Å². The molecule has 96 valence electrons. The highest BCUT2D eigenvalue weighted by atomic mass is 15.1. The molecular weight excluding hydrogens is 198 g/mol. The number of nitrogens with zero attached hydrogens (tertiary/aromatic N) is 2. The van der Waals surface area contributed by atoms with Gasteiger partial charge in [-0.05, 0) is 65.5 Å². The van der Waals surface area contributed by atoms with E-state index >= 15 is 0 Å². The van der Waals surface area contributed by atoms with E-state index in [0.717, 1.165) is 12.5 Å². The minimum atomic E-state index is 0.656. The lowest BCUT2D eigenvalue weighted by atomic mass is 9.80. The topological polar surface area (TPSA) is 32.5 Å². The van der Waals surface area contributed by atoms with Crippen LogP contribution in [0.5, 0.6) is 0 Å². The number of likely N-dealkylation sites (tertiary alicyclic amines) is 1. The van der Waals surface area contributed by atoms with Gasteiger partial charge >= 0.3 is 0 Å². The first-order valence-corrected chi connectivity index (χ1v) is 6.65. The van der Waals surface area contributed by atoms with Gasteiger partial charge in [0.2, 0.25) is 0 Å². The summed E-state index contributed by atoms with van der Waals surface area (Å²) in [5.41, 5.74) is 5.92. The first-order valence-electron chi connectivity index (χ1n) is 6.65. The summed E-state index contributed by atoms with van der Waals surface area (Å²) >= 11 is 0. The molecule has 2 N–H and O–H groups in total. The molecule has 0 aromatic heterocycles. The zero-order valence-corrected chi connectivity index (χ0v) is 11.4. The van der Waals surface area contributed by atoms with Crippen LogP contribution in [0.4, 0.5) is 0 Å². The second-order valence-corrected chi connectivity index (χ2v) is 5.50. The molecule has 3 nitrogen and oxygen atoms in total. The van der Waals surface area contributed by atoms with Crippen LogP contribution in [-0.2, 0) is 0 Å². The maximum absolute atomic E-state index is 5.92. The highest BCUT2D eigenvalue weighted by Crippen LogP contribution is 2.28. The minimum absolute atomic E-state index is 0.656. The van der Waals surface area contributed by atoms with Gasteiger partial charge < -0.3 is 15.5 Å². The Bertz CT molecular complexity index is 182. The van der Waals surface area contributed by atoms with Crippen molar-refractivity contribution in [3.8, 4) is 0 Å². The van der Waals surface area contributed by atoms with Crippen LogP contribution in [0.25, 0.3) is 0 Å². The summed E-state index contributed by atoms with van der Waals surface area (Å²) < 4.78 is 0. The Balaban J connectivity index is 2.62. The Morgan fingerprint density at radius 3 is 2.25 bits per heavy atom. The molecular formula is C13H29N3. The normalized spacial score (nSPS) is 23.6. The molecule has 1 saturated heterocycles. The monoisotopic (exact) mass is 227 g/mol. The van der Waals surface area contributed by atoms with Gasteiger partial charge in [-0.15, -0.1) is 0 Å². The number of hydrogen-bond acceptors (Lipinski definition) is 3. The maximum Gasteiger partial charge on any atom is 0.0159 e. The number of nitrogens with two attached hydrogens (primary N) is 1. The van der Waals surface area contributed by atoms with Crippen LogP contribution in [-0.4, -0.2) is 56.6 Å². The zero-order valence-electron chi connectivity index (χ0n) is 11.4. The number of hydrogen-bond donors (Lipinski definition) is 1. The molecule has 2 atom stereocenters.